The molecular formula is C28H36N4O3. The molecular weight excluding hydrogens is 440 g/mol. The van der Waals surface area contributed by atoms with E-state index in [1.165, 1.54) is 5.56 Å². The minimum atomic E-state index is -0.213. The zero-order valence-corrected chi connectivity index (χ0v) is 20.3. The Morgan fingerprint density at radius 2 is 1.57 bits per heavy atom. The first-order chi connectivity index (χ1) is 17.0. The van der Waals surface area contributed by atoms with Crippen molar-refractivity contribution >= 4 is 23.4 Å². The molecule has 2 fully saturated rings. The topological polar surface area (TPSA) is 95.7 Å². The lowest BCUT2D eigenvalue weighted by molar-refractivity contribution is -0.134. The van der Waals surface area contributed by atoms with E-state index in [-0.39, 0.29) is 29.6 Å². The molecule has 7 nitrogen and oxygen atoms in total. The molecule has 1 unspecified atom stereocenters. The van der Waals surface area contributed by atoms with Crippen molar-refractivity contribution in [1.29, 1.82) is 0 Å². The molecule has 1 atom stereocenters. The smallest absolute Gasteiger partial charge is 0.227 e. The number of nitrogens with one attached hydrogen (secondary N) is 1. The van der Waals surface area contributed by atoms with Gasteiger partial charge in [0.05, 0.1) is 5.92 Å². The minimum absolute atomic E-state index is 0.0227. The number of hydrogen-bond acceptors (Lipinski definition) is 4. The third-order valence-corrected chi connectivity index (χ3v) is 7.22. The fourth-order valence-corrected chi connectivity index (χ4v) is 5.07. The van der Waals surface area contributed by atoms with Crippen molar-refractivity contribution in [1.82, 2.24) is 9.80 Å². The average Bonchev–Trinajstić information content (AvgIpc) is 2.89. The van der Waals surface area contributed by atoms with Crippen LogP contribution in [-0.2, 0) is 27.3 Å². The molecule has 0 bridgehead atoms. The molecule has 2 aliphatic rings. The lowest BCUT2D eigenvalue weighted by atomic mass is 9.95. The molecule has 2 aromatic carbocycles. The number of nitrogens with zero attached hydrogens (tertiary/aromatic N) is 2. The molecule has 4 rings (SSSR count). The molecule has 3 N–H and O–H groups in total. The van der Waals surface area contributed by atoms with Crippen molar-refractivity contribution in [3.05, 3.63) is 65.7 Å². The molecule has 2 heterocycles. The number of piperidine rings is 2. The van der Waals surface area contributed by atoms with Gasteiger partial charge >= 0.3 is 0 Å². The standard InChI is InChI=1S/C28H36N4O3/c29-27(34)24-7-4-16-31(20-24)19-22-8-11-25(12-9-22)30-28(35)23-14-17-32(18-15-23)26(33)13-10-21-5-2-1-3-6-21/h1-3,5-6,8-9,11-12,23-24H,4,7,10,13-20H2,(H2,29,34)(H,30,35). The van der Waals surface area contributed by atoms with Gasteiger partial charge in [0.2, 0.25) is 17.7 Å². The maximum absolute atomic E-state index is 12.8. The Balaban J connectivity index is 1.19. The van der Waals surface area contributed by atoms with Crippen LogP contribution in [0.5, 0.6) is 0 Å². The van der Waals surface area contributed by atoms with E-state index < -0.39 is 0 Å². The van der Waals surface area contributed by atoms with Gasteiger partial charge in [-0.1, -0.05) is 42.5 Å². The van der Waals surface area contributed by atoms with Crippen molar-refractivity contribution in [2.45, 2.75) is 45.1 Å². The van der Waals surface area contributed by atoms with Crippen LogP contribution >= 0.6 is 0 Å². The predicted octanol–water partition coefficient (Wildman–Crippen LogP) is 3.19. The number of hydrogen-bond donors (Lipinski definition) is 2. The van der Waals surface area contributed by atoms with Crippen LogP contribution in [0.15, 0.2) is 54.6 Å². The first-order valence-corrected chi connectivity index (χ1v) is 12.7. The first kappa shape index (κ1) is 24.9. The Kier molecular flexibility index (Phi) is 8.53. The van der Waals surface area contributed by atoms with Crippen molar-refractivity contribution in [2.75, 3.05) is 31.5 Å². The van der Waals surface area contributed by atoms with Crippen LogP contribution in [0, 0.1) is 11.8 Å². The molecule has 0 aromatic heterocycles. The van der Waals surface area contributed by atoms with E-state index in [1.54, 1.807) is 0 Å². The van der Waals surface area contributed by atoms with E-state index in [9.17, 15) is 14.4 Å². The van der Waals surface area contributed by atoms with Gasteiger partial charge in [0, 0.05) is 44.2 Å². The third-order valence-electron chi connectivity index (χ3n) is 7.22. The predicted molar refractivity (Wildman–Crippen MR) is 136 cm³/mol. The second kappa shape index (κ2) is 12.0. The van der Waals surface area contributed by atoms with Gasteiger partial charge in [-0.15, -0.1) is 0 Å². The molecule has 7 heteroatoms. The number of benzene rings is 2. The Bertz CT molecular complexity index is 1000. The number of carbonyl (C=O) groups is 3. The van der Waals surface area contributed by atoms with E-state index >= 15 is 0 Å². The van der Waals surface area contributed by atoms with Crippen LogP contribution in [0.1, 0.15) is 43.2 Å². The maximum Gasteiger partial charge on any atom is 0.227 e. The first-order valence-electron chi connectivity index (χ1n) is 12.7. The lowest BCUT2D eigenvalue weighted by Gasteiger charge is -2.31. The summed E-state index contributed by atoms with van der Waals surface area (Å²) in [7, 11) is 0. The number of carbonyl (C=O) groups excluding carboxylic acids is 3. The van der Waals surface area contributed by atoms with Crippen LogP contribution in [0.3, 0.4) is 0 Å². The SMILES string of the molecule is NC(=O)C1CCCN(Cc2ccc(NC(=O)C3CCN(C(=O)CCc4ccccc4)CC3)cc2)C1. The van der Waals surface area contributed by atoms with Gasteiger partial charge in [-0.25, -0.2) is 0 Å². The third kappa shape index (κ3) is 7.15. The summed E-state index contributed by atoms with van der Waals surface area (Å²) in [6, 6.07) is 18.0. The highest BCUT2D eigenvalue weighted by atomic mass is 16.2. The van der Waals surface area contributed by atoms with Gasteiger partial charge in [-0.05, 0) is 61.9 Å². The number of rotatable bonds is 8. The largest absolute Gasteiger partial charge is 0.369 e. The molecule has 35 heavy (non-hydrogen) atoms. The van der Waals surface area contributed by atoms with E-state index in [0.29, 0.717) is 38.9 Å². The highest BCUT2D eigenvalue weighted by molar-refractivity contribution is 5.92. The van der Waals surface area contributed by atoms with Crippen LogP contribution < -0.4 is 11.1 Å². The van der Waals surface area contributed by atoms with E-state index in [0.717, 1.165) is 43.6 Å². The highest BCUT2D eigenvalue weighted by Gasteiger charge is 2.27. The molecule has 0 saturated carbocycles. The van der Waals surface area contributed by atoms with Gasteiger partial charge < -0.3 is 16.0 Å². The molecule has 186 valence electrons. The molecule has 0 radical (unpaired) electrons. The number of amides is 3. The van der Waals surface area contributed by atoms with E-state index in [2.05, 4.69) is 10.2 Å². The summed E-state index contributed by atoms with van der Waals surface area (Å²) in [5, 5.41) is 3.04. The van der Waals surface area contributed by atoms with Gasteiger partial charge in [-0.3, -0.25) is 19.3 Å². The van der Waals surface area contributed by atoms with Crippen molar-refractivity contribution in [3.8, 4) is 0 Å². The quantitative estimate of drug-likeness (QED) is 0.612. The Labute approximate surface area is 207 Å². The van der Waals surface area contributed by atoms with Crippen molar-refractivity contribution in [2.24, 2.45) is 17.6 Å². The number of likely N-dealkylation sites (tertiary alicyclic amines) is 2. The van der Waals surface area contributed by atoms with Gasteiger partial charge in [0.1, 0.15) is 0 Å². The molecule has 2 aromatic rings. The summed E-state index contributed by atoms with van der Waals surface area (Å²) in [6.07, 6.45) is 4.50. The van der Waals surface area contributed by atoms with Crippen LogP contribution in [0.2, 0.25) is 0 Å². The normalized spacial score (nSPS) is 19.3. The second-order valence-corrected chi connectivity index (χ2v) is 9.80. The lowest BCUT2D eigenvalue weighted by Crippen LogP contribution is -2.41. The number of nitrogens with two attached hydrogens (primary N) is 1. The summed E-state index contributed by atoms with van der Waals surface area (Å²) in [4.78, 5) is 41.0. The summed E-state index contributed by atoms with van der Waals surface area (Å²) in [5.74, 6) is -0.163. The Morgan fingerprint density at radius 1 is 0.857 bits per heavy atom. The molecule has 0 spiro atoms. The highest BCUT2D eigenvalue weighted by Crippen LogP contribution is 2.22. The average molecular weight is 477 g/mol. The zero-order chi connectivity index (χ0) is 24.6. The van der Waals surface area contributed by atoms with E-state index in [1.807, 2.05) is 59.5 Å². The second-order valence-electron chi connectivity index (χ2n) is 9.80. The van der Waals surface area contributed by atoms with E-state index in [4.69, 9.17) is 5.73 Å². The molecule has 2 aliphatic heterocycles. The zero-order valence-electron chi connectivity index (χ0n) is 20.3. The number of aryl methyl sites for hydroxylation is 1. The van der Waals surface area contributed by atoms with Crippen molar-refractivity contribution in [3.63, 3.8) is 0 Å². The van der Waals surface area contributed by atoms with Crippen LogP contribution in [0.4, 0.5) is 5.69 Å². The van der Waals surface area contributed by atoms with Gasteiger partial charge in [-0.2, -0.15) is 0 Å². The summed E-state index contributed by atoms with van der Waals surface area (Å²) in [6.45, 7) is 3.71. The fourth-order valence-electron chi connectivity index (χ4n) is 5.07. The molecule has 3 amide bonds. The Morgan fingerprint density at radius 3 is 2.26 bits per heavy atom. The fraction of sp³-hybridized carbons (Fsp3) is 0.464. The molecule has 0 aliphatic carbocycles. The van der Waals surface area contributed by atoms with Crippen LogP contribution in [0.25, 0.3) is 0 Å². The minimum Gasteiger partial charge on any atom is -0.369 e. The van der Waals surface area contributed by atoms with Crippen LogP contribution in [-0.4, -0.2) is 53.7 Å². The monoisotopic (exact) mass is 476 g/mol. The number of anilines is 1. The maximum atomic E-state index is 12.8. The Hall–Kier alpha value is -3.19. The van der Waals surface area contributed by atoms with Crippen molar-refractivity contribution < 1.29 is 14.4 Å². The van der Waals surface area contributed by atoms with Gasteiger partial charge in [0.15, 0.2) is 0 Å². The summed E-state index contributed by atoms with van der Waals surface area (Å²) in [5.41, 5.74) is 8.59. The number of primary amides is 1. The molecule has 2 saturated heterocycles. The summed E-state index contributed by atoms with van der Waals surface area (Å²) < 4.78 is 0. The summed E-state index contributed by atoms with van der Waals surface area (Å²) >= 11 is 0. The van der Waals surface area contributed by atoms with Gasteiger partial charge in [0.25, 0.3) is 0 Å².